The smallest absolute Gasteiger partial charge is 0.409 e. The van der Waals surface area contributed by atoms with Crippen LogP contribution in [-0.2, 0) is 14.3 Å². The highest BCUT2D eigenvalue weighted by Gasteiger charge is 2.52. The highest BCUT2D eigenvalue weighted by Crippen LogP contribution is 2.41. The third-order valence-electron chi connectivity index (χ3n) is 5.14. The predicted molar refractivity (Wildman–Crippen MR) is 114 cm³/mol. The van der Waals surface area contributed by atoms with Gasteiger partial charge in [-0.1, -0.05) is 66.7 Å². The quantitative estimate of drug-likeness (QED) is 0.541. The van der Waals surface area contributed by atoms with Crippen molar-refractivity contribution in [2.75, 3.05) is 5.75 Å². The first-order chi connectivity index (χ1) is 15.3. The van der Waals surface area contributed by atoms with Gasteiger partial charge in [-0.3, -0.25) is 9.69 Å². The number of benzene rings is 2. The molecule has 2 heterocycles. The third-order valence-corrected chi connectivity index (χ3v) is 6.46. The fraction of sp³-hybridized carbons (Fsp3) is 0.217. The van der Waals surface area contributed by atoms with E-state index in [1.807, 2.05) is 12.1 Å². The molecule has 1 fully saturated rings. The Hall–Kier alpha value is -3.04. The number of carbonyl (C=O) groups is 2. The normalized spacial score (nSPS) is 21.0. The van der Waals surface area contributed by atoms with Crippen LogP contribution in [-0.4, -0.2) is 40.1 Å². The highest BCUT2D eigenvalue weighted by atomic mass is 32.2. The van der Waals surface area contributed by atoms with E-state index in [9.17, 15) is 22.8 Å². The van der Waals surface area contributed by atoms with Gasteiger partial charge in [-0.25, -0.2) is 4.79 Å². The van der Waals surface area contributed by atoms with Crippen LogP contribution in [0.3, 0.4) is 0 Å². The van der Waals surface area contributed by atoms with E-state index in [0.29, 0.717) is 11.1 Å². The Bertz CT molecular complexity index is 1030. The fourth-order valence-corrected chi connectivity index (χ4v) is 4.86. The largest absolute Gasteiger partial charge is 0.448 e. The number of nitrogens with two attached hydrogens (primary N) is 1. The van der Waals surface area contributed by atoms with Crippen molar-refractivity contribution in [3.63, 3.8) is 0 Å². The SMILES string of the molecule is N[C@@H]1C(=O)N2C(C(=O)OC(c3ccccc3)c3ccccc3)=C(C=CC(F)(F)F)CS[C@@H]12. The molecule has 5 nitrogen and oxygen atoms in total. The summed E-state index contributed by atoms with van der Waals surface area (Å²) in [5.74, 6) is -1.31. The molecule has 2 aromatic rings. The Morgan fingerprint density at radius 3 is 2.19 bits per heavy atom. The van der Waals surface area contributed by atoms with E-state index < -0.39 is 35.6 Å². The predicted octanol–water partition coefficient (Wildman–Crippen LogP) is 3.93. The molecule has 0 bridgehead atoms. The number of carbonyl (C=O) groups excluding carboxylic acids is 2. The molecular weight excluding hydrogens is 441 g/mol. The zero-order valence-corrected chi connectivity index (χ0v) is 17.5. The van der Waals surface area contributed by atoms with Crippen LogP contribution in [0.25, 0.3) is 0 Å². The first kappa shape index (κ1) is 22.2. The van der Waals surface area contributed by atoms with Gasteiger partial charge in [0.05, 0.1) is 0 Å². The van der Waals surface area contributed by atoms with Crippen LogP contribution in [0, 0.1) is 0 Å². The molecule has 0 spiro atoms. The van der Waals surface area contributed by atoms with Gasteiger partial charge in [-0.15, -0.1) is 11.8 Å². The fourth-order valence-electron chi connectivity index (χ4n) is 3.60. The Balaban J connectivity index is 1.72. The molecular formula is C23H19F3N2O3S. The first-order valence-corrected chi connectivity index (χ1v) is 10.8. The summed E-state index contributed by atoms with van der Waals surface area (Å²) < 4.78 is 44.2. The maximum absolute atomic E-state index is 13.3. The van der Waals surface area contributed by atoms with Gasteiger partial charge < -0.3 is 10.5 Å². The van der Waals surface area contributed by atoms with Gasteiger partial charge in [0, 0.05) is 11.8 Å². The zero-order valence-electron chi connectivity index (χ0n) is 16.7. The van der Waals surface area contributed by atoms with E-state index in [0.717, 1.165) is 11.0 Å². The molecule has 32 heavy (non-hydrogen) atoms. The van der Waals surface area contributed by atoms with Gasteiger partial charge in [-0.2, -0.15) is 13.2 Å². The number of halogens is 3. The van der Waals surface area contributed by atoms with E-state index in [1.165, 1.54) is 11.8 Å². The molecule has 0 unspecified atom stereocenters. The molecule has 0 saturated carbocycles. The molecule has 0 radical (unpaired) electrons. The lowest BCUT2D eigenvalue weighted by Crippen LogP contribution is -2.68. The minimum atomic E-state index is -4.56. The summed E-state index contributed by atoms with van der Waals surface area (Å²) in [5, 5.41) is -0.514. The van der Waals surface area contributed by atoms with Crippen LogP contribution in [0.1, 0.15) is 17.2 Å². The van der Waals surface area contributed by atoms with E-state index >= 15 is 0 Å². The van der Waals surface area contributed by atoms with Crippen LogP contribution in [0.4, 0.5) is 13.2 Å². The highest BCUT2D eigenvalue weighted by molar-refractivity contribution is 8.00. The van der Waals surface area contributed by atoms with Gasteiger partial charge in [0.15, 0.2) is 6.10 Å². The molecule has 2 atom stereocenters. The van der Waals surface area contributed by atoms with Crippen molar-refractivity contribution >= 4 is 23.6 Å². The van der Waals surface area contributed by atoms with Crippen molar-refractivity contribution in [3.05, 3.63) is 95.2 Å². The van der Waals surface area contributed by atoms with Gasteiger partial charge >= 0.3 is 12.1 Å². The lowest BCUT2D eigenvalue weighted by molar-refractivity contribution is -0.153. The number of allylic oxidation sites excluding steroid dienone is 2. The van der Waals surface area contributed by atoms with Crippen LogP contribution in [0.5, 0.6) is 0 Å². The number of amides is 1. The Labute approximate surface area is 186 Å². The van der Waals surface area contributed by atoms with Crippen LogP contribution >= 0.6 is 11.8 Å². The molecule has 0 aliphatic carbocycles. The second-order valence-electron chi connectivity index (χ2n) is 7.29. The molecule has 1 saturated heterocycles. The summed E-state index contributed by atoms with van der Waals surface area (Å²) in [6.07, 6.45) is -4.50. The standard InChI is InChI=1S/C23H19F3N2O3S/c24-23(25,26)12-11-16-13-32-21-17(27)20(29)28(21)18(16)22(30)31-19(14-7-3-1-4-8-14)15-9-5-2-6-10-15/h1-12,17,19,21H,13,27H2/t17-,21+/m1/s1. The van der Waals surface area contributed by atoms with Gasteiger partial charge in [-0.05, 0) is 16.7 Å². The number of hydrogen-bond donors (Lipinski definition) is 1. The maximum atomic E-state index is 13.3. The van der Waals surface area contributed by atoms with Gasteiger partial charge in [0.25, 0.3) is 0 Å². The third kappa shape index (κ3) is 4.44. The number of nitrogens with zero attached hydrogens (tertiary/aromatic N) is 1. The number of hydrogen-bond acceptors (Lipinski definition) is 5. The number of fused-ring (bicyclic) bond motifs is 1. The van der Waals surface area contributed by atoms with E-state index in [1.54, 1.807) is 48.5 Å². The van der Waals surface area contributed by atoms with Gasteiger partial charge in [0.2, 0.25) is 5.91 Å². The summed E-state index contributed by atoms with van der Waals surface area (Å²) in [7, 11) is 0. The van der Waals surface area contributed by atoms with Crippen LogP contribution < -0.4 is 5.73 Å². The summed E-state index contributed by atoms with van der Waals surface area (Å²) >= 11 is 1.21. The summed E-state index contributed by atoms with van der Waals surface area (Å²) in [6.45, 7) is 0. The molecule has 2 aromatic carbocycles. The Kier molecular flexibility index (Phi) is 6.12. The van der Waals surface area contributed by atoms with E-state index in [-0.39, 0.29) is 23.1 Å². The molecule has 0 aromatic heterocycles. The van der Waals surface area contributed by atoms with Gasteiger partial charge in [0.1, 0.15) is 17.1 Å². The second kappa shape index (κ2) is 8.84. The molecule has 2 aliphatic rings. The van der Waals surface area contributed by atoms with Crippen LogP contribution in [0.15, 0.2) is 84.1 Å². The summed E-state index contributed by atoms with van der Waals surface area (Å²) in [6, 6.07) is 17.1. The van der Waals surface area contributed by atoms with Crippen molar-refractivity contribution in [1.29, 1.82) is 0 Å². The van der Waals surface area contributed by atoms with E-state index in [4.69, 9.17) is 10.5 Å². The van der Waals surface area contributed by atoms with Crippen molar-refractivity contribution in [3.8, 4) is 0 Å². The minimum Gasteiger partial charge on any atom is -0.448 e. The molecule has 9 heteroatoms. The molecule has 4 rings (SSSR count). The maximum Gasteiger partial charge on any atom is 0.409 e. The summed E-state index contributed by atoms with van der Waals surface area (Å²) in [4.78, 5) is 26.8. The minimum absolute atomic E-state index is 0.0482. The number of thioether (sulfide) groups is 1. The van der Waals surface area contributed by atoms with Crippen LogP contribution in [0.2, 0.25) is 0 Å². The Morgan fingerprint density at radius 2 is 1.66 bits per heavy atom. The van der Waals surface area contributed by atoms with Crippen molar-refractivity contribution in [1.82, 2.24) is 4.90 Å². The molecule has 2 aliphatic heterocycles. The number of alkyl halides is 3. The lowest BCUT2D eigenvalue weighted by Gasteiger charge is -2.48. The Morgan fingerprint density at radius 1 is 1.09 bits per heavy atom. The second-order valence-corrected chi connectivity index (χ2v) is 8.40. The zero-order chi connectivity index (χ0) is 22.9. The number of rotatable bonds is 5. The number of β-lactam (4-membered cyclic amide) rings is 1. The number of ether oxygens (including phenoxy) is 1. The van der Waals surface area contributed by atoms with E-state index in [2.05, 4.69) is 0 Å². The molecule has 166 valence electrons. The summed E-state index contributed by atoms with van der Waals surface area (Å²) in [5.41, 5.74) is 7.07. The van der Waals surface area contributed by atoms with Crippen molar-refractivity contribution in [2.24, 2.45) is 5.73 Å². The number of esters is 1. The lowest BCUT2D eigenvalue weighted by atomic mass is 10.0. The molecule has 2 N–H and O–H groups in total. The van der Waals surface area contributed by atoms with Crippen molar-refractivity contribution < 1.29 is 27.5 Å². The monoisotopic (exact) mass is 460 g/mol. The molecule has 1 amide bonds. The average molecular weight is 460 g/mol. The average Bonchev–Trinajstić information content (AvgIpc) is 2.80. The first-order valence-electron chi connectivity index (χ1n) is 9.76. The topological polar surface area (TPSA) is 72.6 Å². The van der Waals surface area contributed by atoms with Crippen molar-refractivity contribution in [2.45, 2.75) is 23.7 Å².